The van der Waals surface area contributed by atoms with Gasteiger partial charge >= 0.3 is 0 Å². The number of carbonyl (C=O) groups excluding carboxylic acids is 2. The van der Waals surface area contributed by atoms with E-state index in [0.29, 0.717) is 10.3 Å². The van der Waals surface area contributed by atoms with E-state index in [9.17, 15) is 9.59 Å². The lowest BCUT2D eigenvalue weighted by Crippen LogP contribution is -2.14. The quantitative estimate of drug-likeness (QED) is 0.250. The normalized spacial score (nSPS) is 16.6. The van der Waals surface area contributed by atoms with Crippen molar-refractivity contribution in [1.82, 2.24) is 20.4 Å². The second kappa shape index (κ2) is 13.4. The molecule has 5 rings (SSSR count). The minimum atomic E-state index is -0.106. The molecule has 0 aliphatic heterocycles. The number of hydrogen-bond acceptors (Lipinski definition) is 10. The van der Waals surface area contributed by atoms with E-state index >= 15 is 0 Å². The van der Waals surface area contributed by atoms with Crippen LogP contribution in [-0.4, -0.2) is 60.4 Å². The van der Waals surface area contributed by atoms with Crippen LogP contribution in [-0.2, 0) is 22.4 Å². The average molecular weight is 605 g/mol. The molecule has 2 atom stereocenters. The van der Waals surface area contributed by atoms with Gasteiger partial charge in [-0.15, -0.1) is 20.4 Å². The summed E-state index contributed by atoms with van der Waals surface area (Å²) >= 11 is 2.89. The molecule has 2 amide bonds. The Kier molecular flexibility index (Phi) is 9.43. The van der Waals surface area contributed by atoms with Crippen molar-refractivity contribution in [2.75, 3.05) is 48.6 Å². The molecule has 0 unspecified atom stereocenters. The molecule has 2 aromatic heterocycles. The van der Waals surface area contributed by atoms with Crippen molar-refractivity contribution >= 4 is 56.1 Å². The number of anilines is 4. The summed E-state index contributed by atoms with van der Waals surface area (Å²) in [5.74, 6) is 0.284. The van der Waals surface area contributed by atoms with E-state index in [0.717, 1.165) is 58.2 Å². The van der Waals surface area contributed by atoms with Gasteiger partial charge in [-0.2, -0.15) is 0 Å². The predicted molar refractivity (Wildman–Crippen MR) is 170 cm³/mol. The number of benzene rings is 2. The summed E-state index contributed by atoms with van der Waals surface area (Å²) < 4.78 is 0. The molecule has 0 bridgehead atoms. The van der Waals surface area contributed by atoms with Crippen LogP contribution in [0.25, 0.3) is 0 Å². The van der Waals surface area contributed by atoms with E-state index in [2.05, 4.69) is 31.0 Å². The third-order valence-corrected chi connectivity index (χ3v) is 9.38. The maximum absolute atomic E-state index is 12.6. The molecule has 2 N–H and O–H groups in total. The van der Waals surface area contributed by atoms with Crippen molar-refractivity contribution < 1.29 is 9.59 Å². The van der Waals surface area contributed by atoms with Crippen LogP contribution in [0.4, 0.5) is 21.6 Å². The van der Waals surface area contributed by atoms with Crippen LogP contribution in [0.1, 0.15) is 58.7 Å². The van der Waals surface area contributed by atoms with Gasteiger partial charge in [-0.3, -0.25) is 9.59 Å². The first-order valence-electron chi connectivity index (χ1n) is 14.0. The van der Waals surface area contributed by atoms with Crippen LogP contribution in [0, 0.1) is 0 Å². The SMILES string of the molecule is CN(C)c1ccc(CC(=O)Nc2nnc([C@@H]3CCC[C@@H](c4nnc(NC(=O)Cc5ccc(N(C)C)cc5)s4)C3)s2)cc1. The van der Waals surface area contributed by atoms with E-state index < -0.39 is 0 Å². The number of carbonyl (C=O) groups is 2. The number of amides is 2. The van der Waals surface area contributed by atoms with Gasteiger partial charge in [-0.1, -0.05) is 53.4 Å². The second-order valence-corrected chi connectivity index (χ2v) is 13.0. The monoisotopic (exact) mass is 604 g/mol. The lowest BCUT2D eigenvalue weighted by Gasteiger charge is -2.25. The van der Waals surface area contributed by atoms with E-state index in [1.54, 1.807) is 0 Å². The minimum absolute atomic E-state index is 0.106. The first-order chi connectivity index (χ1) is 20.2. The highest BCUT2D eigenvalue weighted by Crippen LogP contribution is 2.43. The number of aromatic nitrogens is 4. The number of nitrogens with one attached hydrogen (secondary N) is 2. The van der Waals surface area contributed by atoms with Crippen LogP contribution in [0.5, 0.6) is 0 Å². The first kappa shape index (κ1) is 29.6. The number of hydrogen-bond donors (Lipinski definition) is 2. The Bertz CT molecular complexity index is 1390. The molecule has 220 valence electrons. The van der Waals surface area contributed by atoms with Gasteiger partial charge in [0.1, 0.15) is 10.0 Å². The summed E-state index contributed by atoms with van der Waals surface area (Å²) in [5.41, 5.74) is 4.08. The fourth-order valence-electron chi connectivity index (χ4n) is 5.06. The smallest absolute Gasteiger partial charge is 0.230 e. The molecule has 1 aliphatic carbocycles. The van der Waals surface area contributed by atoms with Gasteiger partial charge in [0.05, 0.1) is 12.8 Å². The summed E-state index contributed by atoms with van der Waals surface area (Å²) in [4.78, 5) is 29.3. The molecule has 1 aliphatic rings. The molecule has 2 aromatic carbocycles. The van der Waals surface area contributed by atoms with Crippen LogP contribution in [0.2, 0.25) is 0 Å². The van der Waals surface area contributed by atoms with Gasteiger partial charge < -0.3 is 20.4 Å². The van der Waals surface area contributed by atoms with Crippen LogP contribution >= 0.6 is 22.7 Å². The van der Waals surface area contributed by atoms with Crippen molar-refractivity contribution in [2.24, 2.45) is 0 Å². The lowest BCUT2D eigenvalue weighted by atomic mass is 9.82. The summed E-state index contributed by atoms with van der Waals surface area (Å²) in [6.45, 7) is 0. The highest BCUT2D eigenvalue weighted by atomic mass is 32.1. The summed E-state index contributed by atoms with van der Waals surface area (Å²) in [6, 6.07) is 15.9. The maximum atomic E-state index is 12.6. The molecular formula is C30H36N8O2S2. The molecule has 2 heterocycles. The van der Waals surface area contributed by atoms with E-state index in [1.807, 2.05) is 86.5 Å². The van der Waals surface area contributed by atoms with Crippen molar-refractivity contribution in [3.63, 3.8) is 0 Å². The number of rotatable bonds is 10. The van der Waals surface area contributed by atoms with Gasteiger partial charge in [0.25, 0.3) is 0 Å². The van der Waals surface area contributed by atoms with E-state index in [4.69, 9.17) is 0 Å². The van der Waals surface area contributed by atoms with Crippen molar-refractivity contribution in [2.45, 2.75) is 50.4 Å². The molecule has 1 saturated carbocycles. The highest BCUT2D eigenvalue weighted by molar-refractivity contribution is 7.15. The Balaban J connectivity index is 1.12. The Morgan fingerprint density at radius 3 is 1.48 bits per heavy atom. The van der Waals surface area contributed by atoms with Crippen molar-refractivity contribution in [3.8, 4) is 0 Å². The van der Waals surface area contributed by atoms with Crippen LogP contribution in [0.15, 0.2) is 48.5 Å². The molecular weight excluding hydrogens is 569 g/mol. The minimum Gasteiger partial charge on any atom is -0.378 e. The zero-order chi connectivity index (χ0) is 29.6. The molecule has 1 fully saturated rings. The topological polar surface area (TPSA) is 116 Å². The van der Waals surface area contributed by atoms with Gasteiger partial charge in [0.2, 0.25) is 22.1 Å². The van der Waals surface area contributed by atoms with Gasteiger partial charge in [-0.05, 0) is 54.7 Å². The molecule has 0 radical (unpaired) electrons. The van der Waals surface area contributed by atoms with Crippen LogP contribution in [0.3, 0.4) is 0 Å². The van der Waals surface area contributed by atoms with Crippen LogP contribution < -0.4 is 20.4 Å². The Morgan fingerprint density at radius 1 is 0.690 bits per heavy atom. The summed E-state index contributed by atoms with van der Waals surface area (Å²) in [7, 11) is 7.95. The zero-order valence-corrected chi connectivity index (χ0v) is 26.0. The van der Waals surface area contributed by atoms with E-state index in [1.165, 1.54) is 22.7 Å². The standard InChI is InChI=1S/C30H36N8O2S2/c1-37(2)23-12-8-19(9-13-23)16-25(39)31-29-35-33-27(41-29)21-6-5-7-22(18-21)28-34-36-30(42-28)32-26(40)17-20-10-14-24(15-11-20)38(3)4/h8-15,21-22H,5-7,16-18H2,1-4H3,(H,31,35,39)(H,32,36,40)/t21-,22-/m1/s1. The molecule has 10 nitrogen and oxygen atoms in total. The third-order valence-electron chi connectivity index (χ3n) is 7.38. The number of nitrogens with zero attached hydrogens (tertiary/aromatic N) is 6. The summed E-state index contributed by atoms with van der Waals surface area (Å²) in [5, 5.41) is 26.1. The molecule has 0 spiro atoms. The molecule has 12 heteroatoms. The maximum Gasteiger partial charge on any atom is 0.230 e. The van der Waals surface area contributed by atoms with E-state index in [-0.39, 0.29) is 36.5 Å². The van der Waals surface area contributed by atoms with Gasteiger partial charge in [0, 0.05) is 51.4 Å². The molecule has 42 heavy (non-hydrogen) atoms. The Labute approximate surface area is 254 Å². The fraction of sp³-hybridized carbons (Fsp3) is 0.400. The second-order valence-electron chi connectivity index (χ2n) is 11.0. The zero-order valence-electron chi connectivity index (χ0n) is 24.3. The van der Waals surface area contributed by atoms with Crippen molar-refractivity contribution in [1.29, 1.82) is 0 Å². The Hall–Kier alpha value is -3.90. The first-order valence-corrected chi connectivity index (χ1v) is 15.7. The highest BCUT2D eigenvalue weighted by Gasteiger charge is 2.29. The summed E-state index contributed by atoms with van der Waals surface area (Å²) in [6.07, 6.45) is 4.55. The lowest BCUT2D eigenvalue weighted by molar-refractivity contribution is -0.116. The molecule has 4 aromatic rings. The average Bonchev–Trinajstić information content (AvgIpc) is 3.63. The van der Waals surface area contributed by atoms with Crippen molar-refractivity contribution in [3.05, 3.63) is 69.7 Å². The fourth-order valence-corrected chi connectivity index (χ4v) is 6.87. The predicted octanol–water partition coefficient (Wildman–Crippen LogP) is 5.33. The van der Waals surface area contributed by atoms with Gasteiger partial charge in [0.15, 0.2) is 0 Å². The third kappa shape index (κ3) is 7.68. The van der Waals surface area contributed by atoms with Gasteiger partial charge in [-0.25, -0.2) is 0 Å². The Morgan fingerprint density at radius 2 is 1.10 bits per heavy atom. The largest absolute Gasteiger partial charge is 0.378 e. The molecule has 0 saturated heterocycles.